The minimum atomic E-state index is -0.660. The Morgan fingerprint density at radius 2 is 1.81 bits per heavy atom. The van der Waals surface area contributed by atoms with E-state index < -0.39 is 5.92 Å². The molecule has 0 radical (unpaired) electrons. The maximum Gasteiger partial charge on any atom is 0.266 e. The van der Waals surface area contributed by atoms with Gasteiger partial charge in [-0.15, -0.1) is 16.4 Å². The number of rotatable bonds is 4. The number of benzene rings is 2. The average Bonchev–Trinajstić information content (AvgIpc) is 3.31. The first-order chi connectivity index (χ1) is 13.3. The minimum absolute atomic E-state index is 0.193. The lowest BCUT2D eigenvalue weighted by molar-refractivity contribution is -0.118. The molecule has 0 spiro atoms. The van der Waals surface area contributed by atoms with Gasteiger partial charge in [0, 0.05) is 11.6 Å². The highest BCUT2D eigenvalue weighted by atomic mass is 32.1. The van der Waals surface area contributed by atoms with E-state index >= 15 is 0 Å². The van der Waals surface area contributed by atoms with Crippen molar-refractivity contribution in [2.75, 3.05) is 12.1 Å². The third kappa shape index (κ3) is 3.50. The van der Waals surface area contributed by atoms with E-state index in [4.69, 9.17) is 4.74 Å². The summed E-state index contributed by atoms with van der Waals surface area (Å²) in [6, 6.07) is 19.0. The number of carbonyl (C=O) groups is 1. The molecule has 2 heterocycles. The predicted octanol–water partition coefficient (Wildman–Crippen LogP) is 3.98. The maximum absolute atomic E-state index is 12.9. The van der Waals surface area contributed by atoms with E-state index in [1.54, 1.807) is 6.21 Å². The molecule has 7 heteroatoms. The Bertz CT molecular complexity index is 999. The van der Waals surface area contributed by atoms with Gasteiger partial charge in [-0.05, 0) is 17.7 Å². The van der Waals surface area contributed by atoms with Crippen molar-refractivity contribution in [3.8, 4) is 0 Å². The Balaban J connectivity index is 1.58. The van der Waals surface area contributed by atoms with E-state index in [0.717, 1.165) is 5.56 Å². The third-order valence-electron chi connectivity index (χ3n) is 4.04. The van der Waals surface area contributed by atoms with Crippen LogP contribution in [-0.4, -0.2) is 30.1 Å². The topological polar surface area (TPSA) is 67.2 Å². The quantitative estimate of drug-likeness (QED) is 0.647. The van der Waals surface area contributed by atoms with Crippen molar-refractivity contribution >= 4 is 40.2 Å². The largest absolute Gasteiger partial charge is 0.482 e. The maximum atomic E-state index is 12.9. The molecule has 1 unspecified atom stereocenters. The van der Waals surface area contributed by atoms with Crippen LogP contribution in [-0.2, 0) is 9.53 Å². The Morgan fingerprint density at radius 1 is 1.11 bits per heavy atom. The molecular weight excluding hydrogens is 360 g/mol. The number of hydrogen-bond donors (Lipinski definition) is 0. The number of aliphatic imine (C=N–C) groups is 1. The van der Waals surface area contributed by atoms with E-state index in [1.807, 2.05) is 66.0 Å². The molecule has 4 rings (SSSR count). The van der Waals surface area contributed by atoms with Crippen molar-refractivity contribution < 1.29 is 9.53 Å². The highest BCUT2D eigenvalue weighted by Gasteiger charge is 2.40. The van der Waals surface area contributed by atoms with Gasteiger partial charge in [0.25, 0.3) is 5.91 Å². The number of hydrogen-bond acceptors (Lipinski definition) is 6. The third-order valence-corrected chi connectivity index (χ3v) is 4.81. The van der Waals surface area contributed by atoms with Crippen LogP contribution >= 0.6 is 11.3 Å². The van der Waals surface area contributed by atoms with Crippen LogP contribution in [0.15, 0.2) is 76.1 Å². The number of para-hydroxylation sites is 1. The zero-order valence-corrected chi connectivity index (χ0v) is 15.3. The lowest BCUT2D eigenvalue weighted by Crippen LogP contribution is -2.26. The number of methoxy groups -OCH3 is 1. The molecule has 1 atom stereocenters. The second-order valence-corrected chi connectivity index (χ2v) is 6.62. The molecule has 1 aromatic heterocycles. The average molecular weight is 376 g/mol. The van der Waals surface area contributed by atoms with E-state index in [0.29, 0.717) is 22.4 Å². The molecule has 0 aliphatic carbocycles. The van der Waals surface area contributed by atoms with Gasteiger partial charge in [0.1, 0.15) is 0 Å². The van der Waals surface area contributed by atoms with Crippen LogP contribution in [0.1, 0.15) is 17.2 Å². The zero-order chi connectivity index (χ0) is 18.6. The molecule has 2 aromatic carbocycles. The van der Waals surface area contributed by atoms with Crippen LogP contribution < -0.4 is 5.01 Å². The molecule has 0 fully saturated rings. The van der Waals surface area contributed by atoms with Crippen LogP contribution in [0.5, 0.6) is 0 Å². The second kappa shape index (κ2) is 7.51. The molecule has 0 bridgehead atoms. The van der Waals surface area contributed by atoms with Gasteiger partial charge in [0.2, 0.25) is 11.0 Å². The van der Waals surface area contributed by atoms with Crippen molar-refractivity contribution in [3.05, 3.63) is 77.3 Å². The Kier molecular flexibility index (Phi) is 4.76. The summed E-state index contributed by atoms with van der Waals surface area (Å²) < 4.78 is 5.35. The molecule has 1 amide bonds. The highest BCUT2D eigenvalue weighted by molar-refractivity contribution is 7.13. The summed E-state index contributed by atoms with van der Waals surface area (Å²) in [5.74, 6) is -0.526. The smallest absolute Gasteiger partial charge is 0.266 e. The second-order valence-electron chi connectivity index (χ2n) is 5.78. The SMILES string of the molecule is COC1=NN(c2ccccc2)C(=O)C1c1csc(N=Cc2ccccc2)n1. The van der Waals surface area contributed by atoms with Gasteiger partial charge in [-0.3, -0.25) is 4.79 Å². The number of hydrazone groups is 1. The molecule has 3 aromatic rings. The van der Waals surface area contributed by atoms with E-state index in [1.165, 1.54) is 23.5 Å². The van der Waals surface area contributed by atoms with Gasteiger partial charge in [0.05, 0.1) is 18.5 Å². The van der Waals surface area contributed by atoms with Crippen LogP contribution in [0.4, 0.5) is 10.8 Å². The Labute approximate surface area is 160 Å². The van der Waals surface area contributed by atoms with Crippen molar-refractivity contribution in [1.82, 2.24) is 4.98 Å². The molecular formula is C20H16N4O2S. The molecule has 0 N–H and O–H groups in total. The summed E-state index contributed by atoms with van der Waals surface area (Å²) in [5, 5.41) is 8.08. The van der Waals surface area contributed by atoms with Crippen LogP contribution in [0.3, 0.4) is 0 Å². The Hall–Kier alpha value is -3.32. The molecule has 0 saturated carbocycles. The summed E-state index contributed by atoms with van der Waals surface area (Å²) in [4.78, 5) is 21.8. The standard InChI is InChI=1S/C20H16N4O2S/c1-26-18-17(19(25)24(23-18)15-10-6-3-7-11-15)16-13-27-20(22-16)21-12-14-8-4-2-5-9-14/h2-13,17H,1H3. The van der Waals surface area contributed by atoms with Crippen molar-refractivity contribution in [1.29, 1.82) is 0 Å². The number of carbonyl (C=O) groups excluding carboxylic acids is 1. The monoisotopic (exact) mass is 376 g/mol. The number of thiazole rings is 1. The van der Waals surface area contributed by atoms with Crippen molar-refractivity contribution in [2.24, 2.45) is 10.1 Å². The van der Waals surface area contributed by atoms with Crippen molar-refractivity contribution in [3.63, 3.8) is 0 Å². The summed E-state index contributed by atoms with van der Waals surface area (Å²) in [7, 11) is 1.51. The normalized spacial score (nSPS) is 16.8. The lowest BCUT2D eigenvalue weighted by atomic mass is 10.1. The minimum Gasteiger partial charge on any atom is -0.482 e. The van der Waals surface area contributed by atoms with Gasteiger partial charge in [-0.1, -0.05) is 48.5 Å². The summed E-state index contributed by atoms with van der Waals surface area (Å²) >= 11 is 1.38. The molecule has 1 aliphatic heterocycles. The molecule has 1 aliphatic rings. The fourth-order valence-electron chi connectivity index (χ4n) is 2.74. The van der Waals surface area contributed by atoms with E-state index in [-0.39, 0.29) is 5.91 Å². The Morgan fingerprint density at radius 3 is 2.52 bits per heavy atom. The van der Waals surface area contributed by atoms with Crippen LogP contribution in [0, 0.1) is 0 Å². The molecule has 0 saturated heterocycles. The number of anilines is 1. The molecule has 27 heavy (non-hydrogen) atoms. The van der Waals surface area contributed by atoms with Crippen molar-refractivity contribution in [2.45, 2.75) is 5.92 Å². The number of amides is 1. The van der Waals surface area contributed by atoms with E-state index in [2.05, 4.69) is 15.1 Å². The highest BCUT2D eigenvalue weighted by Crippen LogP contribution is 2.33. The lowest BCUT2D eigenvalue weighted by Gasteiger charge is -2.12. The van der Waals surface area contributed by atoms with Gasteiger partial charge in [0.15, 0.2) is 5.92 Å². The predicted molar refractivity (Wildman–Crippen MR) is 107 cm³/mol. The molecule has 6 nitrogen and oxygen atoms in total. The fourth-order valence-corrected chi connectivity index (χ4v) is 3.42. The fraction of sp³-hybridized carbons (Fsp3) is 0.100. The van der Waals surface area contributed by atoms with Gasteiger partial charge in [-0.2, -0.15) is 5.01 Å². The first-order valence-corrected chi connectivity index (χ1v) is 9.20. The zero-order valence-electron chi connectivity index (χ0n) is 14.5. The van der Waals surface area contributed by atoms with Gasteiger partial charge in [-0.25, -0.2) is 9.98 Å². The van der Waals surface area contributed by atoms with Gasteiger partial charge >= 0.3 is 0 Å². The van der Waals surface area contributed by atoms with Gasteiger partial charge < -0.3 is 4.74 Å². The number of nitrogens with zero attached hydrogens (tertiary/aromatic N) is 4. The number of ether oxygens (including phenoxy) is 1. The van der Waals surface area contributed by atoms with E-state index in [9.17, 15) is 4.79 Å². The number of aromatic nitrogens is 1. The summed E-state index contributed by atoms with van der Waals surface area (Å²) in [6.07, 6.45) is 1.75. The first-order valence-electron chi connectivity index (χ1n) is 8.32. The summed E-state index contributed by atoms with van der Waals surface area (Å²) in [6.45, 7) is 0. The summed E-state index contributed by atoms with van der Waals surface area (Å²) in [5.41, 5.74) is 2.27. The first kappa shape index (κ1) is 17.1. The van der Waals surface area contributed by atoms with Crippen LogP contribution in [0.2, 0.25) is 0 Å². The molecule has 134 valence electrons. The van der Waals surface area contributed by atoms with Crippen LogP contribution in [0.25, 0.3) is 0 Å².